The summed E-state index contributed by atoms with van der Waals surface area (Å²) < 4.78 is 7.38. The third kappa shape index (κ3) is 3.30. The van der Waals surface area contributed by atoms with Crippen LogP contribution < -0.4 is 0 Å². The highest BCUT2D eigenvalue weighted by molar-refractivity contribution is 14.1. The summed E-state index contributed by atoms with van der Waals surface area (Å²) in [6, 6.07) is 6.26. The molecular formula is C18H25IO2. The Balaban J connectivity index is 1.78. The molecule has 116 valence electrons. The van der Waals surface area contributed by atoms with Gasteiger partial charge in [0.15, 0.2) is 0 Å². The van der Waals surface area contributed by atoms with E-state index in [-0.39, 0.29) is 11.7 Å². The largest absolute Gasteiger partial charge is 0.388 e. The van der Waals surface area contributed by atoms with Crippen molar-refractivity contribution in [2.75, 3.05) is 6.61 Å². The molecule has 0 radical (unpaired) electrons. The zero-order chi connectivity index (χ0) is 14.9. The van der Waals surface area contributed by atoms with Crippen LogP contribution in [0.15, 0.2) is 18.2 Å². The Hall–Kier alpha value is -0.130. The molecule has 1 aromatic carbocycles. The second kappa shape index (κ2) is 6.55. The highest BCUT2D eigenvalue weighted by atomic mass is 127. The number of aliphatic hydroxyl groups excluding tert-OH is 1. The van der Waals surface area contributed by atoms with Crippen molar-refractivity contribution in [1.82, 2.24) is 0 Å². The van der Waals surface area contributed by atoms with Crippen molar-refractivity contribution in [2.24, 2.45) is 5.92 Å². The zero-order valence-corrected chi connectivity index (χ0v) is 14.9. The summed E-state index contributed by atoms with van der Waals surface area (Å²) in [7, 11) is 0. The number of benzene rings is 1. The summed E-state index contributed by atoms with van der Waals surface area (Å²) in [5, 5.41) is 10.9. The van der Waals surface area contributed by atoms with Crippen LogP contribution in [0.4, 0.5) is 0 Å². The summed E-state index contributed by atoms with van der Waals surface area (Å²) in [6.07, 6.45) is 7.93. The monoisotopic (exact) mass is 400 g/mol. The summed E-state index contributed by atoms with van der Waals surface area (Å²) >= 11 is 2.37. The predicted octanol–water partition coefficient (Wildman–Crippen LogP) is 4.76. The molecule has 0 aromatic heterocycles. The van der Waals surface area contributed by atoms with Gasteiger partial charge in [-0.2, -0.15) is 0 Å². The highest BCUT2D eigenvalue weighted by Gasteiger charge is 2.41. The van der Waals surface area contributed by atoms with Crippen LogP contribution in [0.2, 0.25) is 0 Å². The molecule has 1 aliphatic carbocycles. The summed E-state index contributed by atoms with van der Waals surface area (Å²) in [6.45, 7) is 2.93. The van der Waals surface area contributed by atoms with E-state index in [0.29, 0.717) is 5.92 Å². The first-order valence-electron chi connectivity index (χ1n) is 8.18. The molecule has 2 fully saturated rings. The maximum absolute atomic E-state index is 10.9. The van der Waals surface area contributed by atoms with Crippen molar-refractivity contribution in [3.05, 3.63) is 32.9 Å². The summed E-state index contributed by atoms with van der Waals surface area (Å²) in [5.74, 6) is 0.340. The molecule has 1 aliphatic heterocycles. The fourth-order valence-electron chi connectivity index (χ4n) is 4.03. The minimum Gasteiger partial charge on any atom is -0.388 e. The molecule has 0 bridgehead atoms. The van der Waals surface area contributed by atoms with Gasteiger partial charge >= 0.3 is 0 Å². The van der Waals surface area contributed by atoms with Crippen LogP contribution in [0.5, 0.6) is 0 Å². The van der Waals surface area contributed by atoms with Gasteiger partial charge in [0.25, 0.3) is 0 Å². The highest BCUT2D eigenvalue weighted by Crippen LogP contribution is 2.44. The Morgan fingerprint density at radius 3 is 2.81 bits per heavy atom. The number of hydrogen-bond acceptors (Lipinski definition) is 2. The third-order valence-corrected chi connectivity index (χ3v) is 6.76. The smallest absolute Gasteiger partial charge is 0.0830 e. The molecule has 2 nitrogen and oxygen atoms in total. The van der Waals surface area contributed by atoms with Gasteiger partial charge in [-0.05, 0) is 72.2 Å². The standard InChI is InChI=1S/C18H25IO2/c1-13-6-5-7-15(16(13)19)17(20)14-8-11-21-18(12-14)9-3-2-4-10-18/h5-7,14,17,20H,2-4,8-12H2,1H3. The maximum atomic E-state index is 10.9. The second-order valence-corrected chi connectivity index (χ2v) is 7.85. The van der Waals surface area contributed by atoms with Crippen molar-refractivity contribution in [3.8, 4) is 0 Å². The fourth-order valence-corrected chi connectivity index (χ4v) is 4.71. The van der Waals surface area contributed by atoms with Crippen LogP contribution in [0.3, 0.4) is 0 Å². The number of halogens is 1. The van der Waals surface area contributed by atoms with Crippen molar-refractivity contribution in [2.45, 2.75) is 63.6 Å². The topological polar surface area (TPSA) is 29.5 Å². The van der Waals surface area contributed by atoms with Crippen LogP contribution in [-0.4, -0.2) is 17.3 Å². The minimum absolute atomic E-state index is 0.0669. The molecule has 2 atom stereocenters. The van der Waals surface area contributed by atoms with Gasteiger partial charge in [-0.25, -0.2) is 0 Å². The maximum Gasteiger partial charge on any atom is 0.0830 e. The van der Waals surface area contributed by atoms with Gasteiger partial charge < -0.3 is 9.84 Å². The Labute approximate surface area is 141 Å². The third-order valence-electron chi connectivity index (χ3n) is 5.28. The van der Waals surface area contributed by atoms with Crippen LogP contribution in [0.1, 0.15) is 62.2 Å². The fraction of sp³-hybridized carbons (Fsp3) is 0.667. The molecule has 2 unspecified atom stereocenters. The van der Waals surface area contributed by atoms with Gasteiger partial charge in [-0.3, -0.25) is 0 Å². The number of ether oxygens (including phenoxy) is 1. The number of aliphatic hydroxyl groups is 1. The average Bonchev–Trinajstić information content (AvgIpc) is 2.50. The number of rotatable bonds is 2. The molecule has 1 aromatic rings. The minimum atomic E-state index is -0.348. The molecule has 3 heteroatoms. The Morgan fingerprint density at radius 2 is 2.05 bits per heavy atom. The quantitative estimate of drug-likeness (QED) is 0.726. The molecule has 1 spiro atoms. The molecule has 0 amide bonds. The lowest BCUT2D eigenvalue weighted by Crippen LogP contribution is -2.42. The average molecular weight is 400 g/mol. The molecule has 21 heavy (non-hydrogen) atoms. The van der Waals surface area contributed by atoms with E-state index >= 15 is 0 Å². The van der Waals surface area contributed by atoms with Gasteiger partial charge in [0, 0.05) is 10.2 Å². The van der Waals surface area contributed by atoms with E-state index in [1.807, 2.05) is 0 Å². The molecule has 1 saturated carbocycles. The normalized spacial score (nSPS) is 26.7. The van der Waals surface area contributed by atoms with E-state index in [9.17, 15) is 5.11 Å². The second-order valence-electron chi connectivity index (χ2n) is 6.77. The van der Waals surface area contributed by atoms with Crippen LogP contribution in [0.25, 0.3) is 0 Å². The van der Waals surface area contributed by atoms with Crippen molar-refractivity contribution in [1.29, 1.82) is 0 Å². The SMILES string of the molecule is Cc1cccc(C(O)C2CCOC3(CCCCC3)C2)c1I. The lowest BCUT2D eigenvalue weighted by atomic mass is 9.74. The van der Waals surface area contributed by atoms with Gasteiger partial charge in [0.05, 0.1) is 11.7 Å². The van der Waals surface area contributed by atoms with E-state index in [1.165, 1.54) is 41.2 Å². The Kier molecular flexibility index (Phi) is 4.91. The first kappa shape index (κ1) is 15.8. The van der Waals surface area contributed by atoms with Crippen molar-refractivity contribution in [3.63, 3.8) is 0 Å². The lowest BCUT2D eigenvalue weighted by molar-refractivity contribution is -0.134. The first-order valence-corrected chi connectivity index (χ1v) is 9.26. The van der Waals surface area contributed by atoms with Gasteiger partial charge in [-0.1, -0.05) is 37.5 Å². The predicted molar refractivity (Wildman–Crippen MR) is 93.3 cm³/mol. The molecular weight excluding hydrogens is 375 g/mol. The zero-order valence-electron chi connectivity index (χ0n) is 12.8. The Bertz CT molecular complexity index is 488. The number of aryl methyl sites for hydroxylation is 1. The van der Waals surface area contributed by atoms with Crippen LogP contribution >= 0.6 is 22.6 Å². The van der Waals surface area contributed by atoms with Gasteiger partial charge in [0.2, 0.25) is 0 Å². The van der Waals surface area contributed by atoms with Crippen molar-refractivity contribution >= 4 is 22.6 Å². The van der Waals surface area contributed by atoms with Gasteiger partial charge in [0.1, 0.15) is 0 Å². The number of hydrogen-bond donors (Lipinski definition) is 1. The lowest BCUT2D eigenvalue weighted by Gasteiger charge is -2.44. The van der Waals surface area contributed by atoms with Crippen LogP contribution in [-0.2, 0) is 4.74 Å². The van der Waals surface area contributed by atoms with E-state index in [0.717, 1.165) is 25.0 Å². The van der Waals surface area contributed by atoms with E-state index in [1.54, 1.807) is 0 Å². The van der Waals surface area contributed by atoms with Crippen LogP contribution in [0, 0.1) is 16.4 Å². The molecule has 1 N–H and O–H groups in total. The van der Waals surface area contributed by atoms with E-state index < -0.39 is 0 Å². The summed E-state index contributed by atoms with van der Waals surface area (Å²) in [4.78, 5) is 0. The van der Waals surface area contributed by atoms with E-state index in [2.05, 4.69) is 47.7 Å². The van der Waals surface area contributed by atoms with E-state index in [4.69, 9.17) is 4.74 Å². The van der Waals surface area contributed by atoms with Crippen molar-refractivity contribution < 1.29 is 9.84 Å². The summed E-state index contributed by atoms with van der Waals surface area (Å²) in [5.41, 5.74) is 2.43. The first-order chi connectivity index (χ1) is 10.1. The molecule has 3 rings (SSSR count). The molecule has 1 heterocycles. The Morgan fingerprint density at radius 1 is 1.29 bits per heavy atom. The molecule has 2 aliphatic rings. The molecule has 1 saturated heterocycles. The van der Waals surface area contributed by atoms with Gasteiger partial charge in [-0.15, -0.1) is 0 Å².